The molecule has 0 bridgehead atoms. The van der Waals surface area contributed by atoms with Crippen molar-refractivity contribution in [3.8, 4) is 67.0 Å². The molecule has 0 unspecified atom stereocenters. The highest BCUT2D eigenvalue weighted by atomic mass is 32.2. The molecule has 0 aliphatic heterocycles. The van der Waals surface area contributed by atoms with Crippen LogP contribution in [0.5, 0.6) is 0 Å². The van der Waals surface area contributed by atoms with Gasteiger partial charge in [-0.1, -0.05) is 200 Å². The molecule has 14 rings (SSSR count). The highest BCUT2D eigenvalue weighted by molar-refractivity contribution is 7.92. The summed E-state index contributed by atoms with van der Waals surface area (Å²) in [4.78, 5) is 10.3. The largest absolute Gasteiger partial charge is 0.256 e. The van der Waals surface area contributed by atoms with E-state index in [1.807, 2.05) is 48.5 Å². The fourth-order valence-corrected chi connectivity index (χ4v) is 19.2. The van der Waals surface area contributed by atoms with Gasteiger partial charge in [-0.2, -0.15) is 0 Å². The standard InChI is InChI=1S/C76H68N2O2S3/c1-5-9-39-75(40-10-6-2)61-23-15-13-21-53(61)55-31-27-49(45-63(55)75)51-29-33-59-69(47-51)81-67-37-35-57(65-25-17-19-43-77-65)73(71(59)67)83(79,80)74-58(66-26-18-20-44-78-66)36-38-68-72(74)60-34-30-52(48-70(60)82-68)50-28-32-56-54-22-14-16-24-62(54)76(41-11-7-3,42-12-8-4)64(56)46-50/h13-38,43-48H,5-12,39-42H2,1-4H3. The van der Waals surface area contributed by atoms with Gasteiger partial charge >= 0.3 is 0 Å². The molecule has 4 nitrogen and oxygen atoms in total. The first-order chi connectivity index (χ1) is 40.7. The van der Waals surface area contributed by atoms with Crippen LogP contribution in [0.1, 0.15) is 127 Å². The third-order valence-corrected chi connectivity index (χ3v) is 22.8. The Labute approximate surface area is 496 Å². The van der Waals surface area contributed by atoms with Crippen molar-refractivity contribution < 1.29 is 8.42 Å². The van der Waals surface area contributed by atoms with Gasteiger partial charge < -0.3 is 0 Å². The maximum atomic E-state index is 16.9. The first-order valence-corrected chi connectivity index (χ1v) is 33.4. The Morgan fingerprint density at radius 2 is 0.723 bits per heavy atom. The minimum Gasteiger partial charge on any atom is -0.256 e. The van der Waals surface area contributed by atoms with E-state index in [0.29, 0.717) is 22.5 Å². The van der Waals surface area contributed by atoms with E-state index in [0.717, 1.165) is 103 Å². The quantitative estimate of drug-likeness (QED) is 0.0859. The second-order valence-corrected chi connectivity index (χ2v) is 27.4. The van der Waals surface area contributed by atoms with Crippen molar-refractivity contribution in [1.29, 1.82) is 0 Å². The predicted molar refractivity (Wildman–Crippen MR) is 352 cm³/mol. The zero-order valence-corrected chi connectivity index (χ0v) is 50.3. The third-order valence-electron chi connectivity index (χ3n) is 18.6. The van der Waals surface area contributed by atoms with Crippen molar-refractivity contribution in [2.45, 2.75) is 125 Å². The SMILES string of the molecule is CCCCC1(CCCC)c2ccccc2-c2ccc(-c3ccc4c(c3)sc3ccc(-c5ccccn5)c(S(=O)(=O)c5c(-c6ccccn6)ccc6sc7cc(-c8ccc9c(c8)C(CCCC)(CCCC)c8ccccc8-9)ccc7c56)c34)cc21. The summed E-state index contributed by atoms with van der Waals surface area (Å²) in [7, 11) is -4.39. The maximum Gasteiger partial charge on any atom is 0.209 e. The van der Waals surface area contributed by atoms with E-state index in [2.05, 4.69) is 161 Å². The van der Waals surface area contributed by atoms with Gasteiger partial charge in [0.05, 0.1) is 21.2 Å². The van der Waals surface area contributed by atoms with Crippen LogP contribution in [0, 0.1) is 0 Å². The van der Waals surface area contributed by atoms with Crippen LogP contribution >= 0.6 is 22.7 Å². The summed E-state index contributed by atoms with van der Waals surface area (Å²) in [6.45, 7) is 9.23. The number of fused-ring (bicyclic) bond motifs is 12. The zero-order valence-electron chi connectivity index (χ0n) is 47.9. The van der Waals surface area contributed by atoms with Crippen LogP contribution in [-0.2, 0) is 20.7 Å². The summed E-state index contributed by atoms with van der Waals surface area (Å²) in [6, 6.07) is 65.5. The summed E-state index contributed by atoms with van der Waals surface area (Å²) in [5.41, 5.74) is 18.2. The number of nitrogens with zero attached hydrogens (tertiary/aromatic N) is 2. The maximum absolute atomic E-state index is 16.9. The van der Waals surface area contributed by atoms with Crippen LogP contribution in [0.3, 0.4) is 0 Å². The average Bonchev–Trinajstić information content (AvgIpc) is 2.61. The van der Waals surface area contributed by atoms with E-state index >= 15 is 8.42 Å². The van der Waals surface area contributed by atoms with Crippen molar-refractivity contribution in [2.75, 3.05) is 0 Å². The molecular formula is C76H68N2O2S3. The molecule has 8 aromatic carbocycles. The van der Waals surface area contributed by atoms with E-state index in [1.54, 1.807) is 35.1 Å². The normalized spacial score (nSPS) is 13.9. The van der Waals surface area contributed by atoms with Crippen LogP contribution in [0.25, 0.3) is 107 Å². The molecule has 12 aromatic rings. The van der Waals surface area contributed by atoms with Gasteiger partial charge in [-0.05, 0) is 153 Å². The lowest BCUT2D eigenvalue weighted by atomic mass is 9.70. The lowest BCUT2D eigenvalue weighted by Gasteiger charge is -2.33. The molecular weight excluding hydrogens is 1070 g/mol. The Hall–Kier alpha value is -7.55. The molecule has 0 fully saturated rings. The molecule has 412 valence electrons. The highest BCUT2D eigenvalue weighted by Crippen LogP contribution is 2.57. The second-order valence-electron chi connectivity index (χ2n) is 23.4. The number of pyridine rings is 2. The first kappa shape index (κ1) is 53.5. The predicted octanol–water partition coefficient (Wildman–Crippen LogP) is 22.0. The zero-order chi connectivity index (χ0) is 56.5. The Kier molecular flexibility index (Phi) is 13.9. The summed E-state index contributed by atoms with van der Waals surface area (Å²) in [6.07, 6.45) is 17.3. The van der Waals surface area contributed by atoms with E-state index < -0.39 is 9.84 Å². The van der Waals surface area contributed by atoms with Gasteiger partial charge in [-0.25, -0.2) is 8.42 Å². The molecule has 0 amide bonds. The fraction of sp³-hybridized carbons (Fsp3) is 0.237. The van der Waals surface area contributed by atoms with Gasteiger partial charge in [0.15, 0.2) is 0 Å². The lowest BCUT2D eigenvalue weighted by molar-refractivity contribution is 0.414. The van der Waals surface area contributed by atoms with E-state index in [4.69, 9.17) is 9.97 Å². The molecule has 0 saturated heterocycles. The van der Waals surface area contributed by atoms with Gasteiger partial charge in [-0.15, -0.1) is 22.7 Å². The van der Waals surface area contributed by atoms with Gasteiger partial charge in [-0.3, -0.25) is 9.97 Å². The van der Waals surface area contributed by atoms with Crippen LogP contribution < -0.4 is 0 Å². The van der Waals surface area contributed by atoms with Crippen LogP contribution in [0.4, 0.5) is 0 Å². The Bertz CT molecular complexity index is 4290. The molecule has 0 radical (unpaired) electrons. The molecule has 0 spiro atoms. The van der Waals surface area contributed by atoms with Crippen molar-refractivity contribution >= 4 is 72.9 Å². The third kappa shape index (κ3) is 8.66. The molecule has 0 atom stereocenters. The van der Waals surface area contributed by atoms with Crippen LogP contribution in [0.15, 0.2) is 204 Å². The number of sulfone groups is 1. The van der Waals surface area contributed by atoms with Gasteiger partial charge in [0.2, 0.25) is 9.84 Å². The summed E-state index contributed by atoms with van der Waals surface area (Å²) in [5.74, 6) is 0. The van der Waals surface area contributed by atoms with Crippen molar-refractivity contribution in [1.82, 2.24) is 9.97 Å². The Balaban J connectivity index is 0.941. The number of hydrogen-bond donors (Lipinski definition) is 0. The summed E-state index contributed by atoms with van der Waals surface area (Å²) in [5, 5.41) is 3.27. The number of unbranched alkanes of at least 4 members (excludes halogenated alkanes) is 4. The number of rotatable bonds is 18. The van der Waals surface area contributed by atoms with Gasteiger partial charge in [0, 0.05) is 74.7 Å². The first-order valence-electron chi connectivity index (χ1n) is 30.3. The molecule has 4 aromatic heterocycles. The highest BCUT2D eigenvalue weighted by Gasteiger charge is 2.44. The van der Waals surface area contributed by atoms with Gasteiger partial charge in [0.1, 0.15) is 0 Å². The van der Waals surface area contributed by atoms with Crippen LogP contribution in [-0.4, -0.2) is 18.4 Å². The second kappa shape index (κ2) is 21.6. The fourth-order valence-electron chi connectivity index (χ4n) is 14.7. The minimum absolute atomic E-state index is 0.0289. The van der Waals surface area contributed by atoms with Gasteiger partial charge in [0.25, 0.3) is 0 Å². The Morgan fingerprint density at radius 1 is 0.361 bits per heavy atom. The number of aromatic nitrogens is 2. The molecule has 7 heteroatoms. The molecule has 2 aliphatic rings. The van der Waals surface area contributed by atoms with Crippen LogP contribution in [0.2, 0.25) is 0 Å². The Morgan fingerprint density at radius 3 is 1.12 bits per heavy atom. The van der Waals surface area contributed by atoms with E-state index in [1.165, 1.54) is 81.3 Å². The molecule has 2 aliphatic carbocycles. The van der Waals surface area contributed by atoms with E-state index in [-0.39, 0.29) is 20.6 Å². The monoisotopic (exact) mass is 1140 g/mol. The van der Waals surface area contributed by atoms with Crippen molar-refractivity contribution in [2.24, 2.45) is 0 Å². The number of hydrogen-bond acceptors (Lipinski definition) is 6. The van der Waals surface area contributed by atoms with Crippen molar-refractivity contribution in [3.05, 3.63) is 217 Å². The molecule has 0 N–H and O–H groups in total. The number of thiophene rings is 2. The summed E-state index contributed by atoms with van der Waals surface area (Å²) < 4.78 is 37.7. The minimum atomic E-state index is -4.39. The topological polar surface area (TPSA) is 59.9 Å². The van der Waals surface area contributed by atoms with Crippen molar-refractivity contribution in [3.63, 3.8) is 0 Å². The molecule has 0 saturated carbocycles. The summed E-state index contributed by atoms with van der Waals surface area (Å²) >= 11 is 3.32. The smallest absolute Gasteiger partial charge is 0.209 e. The molecule has 4 heterocycles. The molecule has 83 heavy (non-hydrogen) atoms. The van der Waals surface area contributed by atoms with E-state index in [9.17, 15) is 0 Å². The average molecular weight is 1140 g/mol. The lowest BCUT2D eigenvalue weighted by Crippen LogP contribution is -2.25. The number of benzene rings is 8.